The minimum absolute atomic E-state index is 0.0566. The second-order valence-corrected chi connectivity index (χ2v) is 12.1. The number of nitrogens with zero attached hydrogens (tertiary/aromatic N) is 10. The molecule has 2 saturated heterocycles. The van der Waals surface area contributed by atoms with Gasteiger partial charge >= 0.3 is 0 Å². The third-order valence-corrected chi connectivity index (χ3v) is 8.98. The van der Waals surface area contributed by atoms with Crippen molar-refractivity contribution in [1.82, 2.24) is 10.0 Å². The van der Waals surface area contributed by atoms with Gasteiger partial charge < -0.3 is 9.80 Å². The average Bonchev–Trinajstić information content (AvgIpc) is 3.13. The number of nitriles is 1. The van der Waals surface area contributed by atoms with Crippen LogP contribution in [0.4, 0.5) is 28.4 Å². The predicted molar refractivity (Wildman–Crippen MR) is 193 cm³/mol. The van der Waals surface area contributed by atoms with E-state index in [0.717, 1.165) is 58.0 Å². The maximum atomic E-state index is 10.6. The predicted octanol–water partition coefficient (Wildman–Crippen LogP) is 8.03. The first-order valence-electron chi connectivity index (χ1n) is 16.4. The first-order valence-corrected chi connectivity index (χ1v) is 16.4. The van der Waals surface area contributed by atoms with Crippen LogP contribution in [0.25, 0.3) is 0 Å². The Labute approximate surface area is 287 Å². The molecule has 0 N–H and O–H groups in total. The van der Waals surface area contributed by atoms with E-state index in [1.54, 1.807) is 24.3 Å². The fraction of sp³-hybridized carbons (Fsp3) is 0.324. The summed E-state index contributed by atoms with van der Waals surface area (Å²) in [4.78, 5) is 15.0. The van der Waals surface area contributed by atoms with Gasteiger partial charge in [-0.05, 0) is 98.5 Å². The highest BCUT2D eigenvalue weighted by atomic mass is 16.6. The van der Waals surface area contributed by atoms with Crippen LogP contribution >= 0.6 is 0 Å². The van der Waals surface area contributed by atoms with Gasteiger partial charge in [-0.15, -0.1) is 10.2 Å². The average molecular weight is 659 g/mol. The zero-order chi connectivity index (χ0) is 34.8. The number of rotatable bonds is 7. The van der Waals surface area contributed by atoms with Gasteiger partial charge in [-0.2, -0.15) is 5.26 Å². The maximum Gasteiger partial charge on any atom is 0.269 e. The van der Waals surface area contributed by atoms with E-state index >= 15 is 0 Å². The molecular formula is C37H42N10O2. The zero-order valence-electron chi connectivity index (χ0n) is 28.5. The summed E-state index contributed by atoms with van der Waals surface area (Å²) in [6.45, 7) is 15.6. The van der Waals surface area contributed by atoms with Crippen molar-refractivity contribution < 1.29 is 4.92 Å². The lowest BCUT2D eigenvalue weighted by atomic mass is 10.1. The van der Waals surface area contributed by atoms with Crippen molar-refractivity contribution in [2.24, 2.45) is 20.7 Å². The lowest BCUT2D eigenvalue weighted by Crippen LogP contribution is -2.44. The molecule has 0 saturated carbocycles. The Morgan fingerprint density at radius 2 is 1.02 bits per heavy atom. The maximum absolute atomic E-state index is 10.6. The van der Waals surface area contributed by atoms with Crippen LogP contribution < -0.4 is 9.80 Å². The Morgan fingerprint density at radius 1 is 0.612 bits per heavy atom. The largest absolute Gasteiger partial charge is 0.368 e. The number of non-ortho nitro benzene ring substituents is 1. The van der Waals surface area contributed by atoms with Gasteiger partial charge in [0.15, 0.2) is 0 Å². The molecule has 0 amide bonds. The third kappa shape index (κ3) is 9.16. The molecule has 49 heavy (non-hydrogen) atoms. The molecule has 252 valence electrons. The Morgan fingerprint density at radius 3 is 1.41 bits per heavy atom. The van der Waals surface area contributed by atoms with Gasteiger partial charge in [-0.25, -0.2) is 0 Å². The molecule has 0 atom stereocenters. The molecule has 4 aromatic rings. The SMILES string of the molecule is Cc1cccc(N2CCN(N=Nc3ccc(C#N)cc3)CC2)c1C.Cc1cccc(N2CCN(N=Nc3ccc([N+](=O)[O-])cc3)CC2)c1C. The third-order valence-electron chi connectivity index (χ3n) is 8.98. The van der Waals surface area contributed by atoms with Gasteiger partial charge in [0.2, 0.25) is 0 Å². The summed E-state index contributed by atoms with van der Waals surface area (Å²) in [6.07, 6.45) is 0. The van der Waals surface area contributed by atoms with Crippen LogP contribution in [0.3, 0.4) is 0 Å². The summed E-state index contributed by atoms with van der Waals surface area (Å²) in [5.74, 6) is 0. The quantitative estimate of drug-likeness (QED) is 0.112. The Balaban J connectivity index is 0.000000191. The molecule has 0 radical (unpaired) electrons. The minimum atomic E-state index is -0.423. The lowest BCUT2D eigenvalue weighted by molar-refractivity contribution is -0.384. The van der Waals surface area contributed by atoms with E-state index in [0.29, 0.717) is 11.3 Å². The molecule has 12 nitrogen and oxygen atoms in total. The molecule has 0 unspecified atom stereocenters. The molecule has 0 bridgehead atoms. The smallest absolute Gasteiger partial charge is 0.269 e. The molecule has 2 heterocycles. The van der Waals surface area contributed by atoms with E-state index in [2.05, 4.69) is 101 Å². The van der Waals surface area contributed by atoms with E-state index in [9.17, 15) is 10.1 Å². The fourth-order valence-electron chi connectivity index (χ4n) is 5.68. The van der Waals surface area contributed by atoms with Gasteiger partial charge in [0.05, 0.1) is 54.1 Å². The number of piperazine rings is 2. The van der Waals surface area contributed by atoms with Crippen molar-refractivity contribution >= 4 is 28.4 Å². The van der Waals surface area contributed by atoms with E-state index in [1.165, 1.54) is 45.8 Å². The number of hydrogen-bond donors (Lipinski definition) is 0. The number of nitro groups is 1. The monoisotopic (exact) mass is 658 g/mol. The normalized spacial score (nSPS) is 14.9. The molecule has 6 rings (SSSR count). The molecular weight excluding hydrogens is 616 g/mol. The summed E-state index contributed by atoms with van der Waals surface area (Å²) >= 11 is 0. The van der Waals surface area contributed by atoms with Crippen molar-refractivity contribution in [3.63, 3.8) is 0 Å². The topological polar surface area (TPSA) is 129 Å². The van der Waals surface area contributed by atoms with E-state index in [-0.39, 0.29) is 5.69 Å². The zero-order valence-corrected chi connectivity index (χ0v) is 28.5. The molecule has 2 aliphatic rings. The second-order valence-electron chi connectivity index (χ2n) is 12.1. The number of benzene rings is 4. The van der Waals surface area contributed by atoms with Gasteiger partial charge in [0.25, 0.3) is 5.69 Å². The Hall–Kier alpha value is -5.83. The number of aryl methyl sites for hydroxylation is 2. The van der Waals surface area contributed by atoms with Crippen LogP contribution in [0.2, 0.25) is 0 Å². The highest BCUT2D eigenvalue weighted by Crippen LogP contribution is 2.26. The highest BCUT2D eigenvalue weighted by molar-refractivity contribution is 5.57. The van der Waals surface area contributed by atoms with Crippen LogP contribution in [-0.4, -0.2) is 67.3 Å². The Bertz CT molecular complexity index is 1820. The van der Waals surface area contributed by atoms with Crippen LogP contribution in [0.1, 0.15) is 27.8 Å². The minimum Gasteiger partial charge on any atom is -0.368 e. The molecule has 0 aromatic heterocycles. The fourth-order valence-corrected chi connectivity index (χ4v) is 5.68. The van der Waals surface area contributed by atoms with Crippen LogP contribution in [-0.2, 0) is 0 Å². The van der Waals surface area contributed by atoms with Crippen molar-refractivity contribution in [2.45, 2.75) is 27.7 Å². The summed E-state index contributed by atoms with van der Waals surface area (Å²) in [5, 5.41) is 40.4. The summed E-state index contributed by atoms with van der Waals surface area (Å²) in [6, 6.07) is 28.2. The molecule has 0 aliphatic carbocycles. The van der Waals surface area contributed by atoms with Crippen LogP contribution in [0.5, 0.6) is 0 Å². The molecule has 2 fully saturated rings. The van der Waals surface area contributed by atoms with E-state index in [1.807, 2.05) is 22.2 Å². The van der Waals surface area contributed by atoms with E-state index < -0.39 is 4.92 Å². The summed E-state index contributed by atoms with van der Waals surface area (Å²) in [5.41, 5.74) is 9.98. The van der Waals surface area contributed by atoms with Crippen molar-refractivity contribution in [1.29, 1.82) is 5.26 Å². The summed E-state index contributed by atoms with van der Waals surface area (Å²) in [7, 11) is 0. The van der Waals surface area contributed by atoms with E-state index in [4.69, 9.17) is 5.26 Å². The molecule has 12 heteroatoms. The number of hydrogen-bond acceptors (Lipinski definition) is 9. The number of anilines is 2. The first kappa shape index (κ1) is 34.5. The Kier molecular flexibility index (Phi) is 11.5. The van der Waals surface area contributed by atoms with Crippen molar-refractivity contribution in [2.75, 3.05) is 62.2 Å². The second kappa shape index (κ2) is 16.3. The van der Waals surface area contributed by atoms with Crippen molar-refractivity contribution in [3.05, 3.63) is 123 Å². The van der Waals surface area contributed by atoms with Crippen molar-refractivity contribution in [3.8, 4) is 6.07 Å². The van der Waals surface area contributed by atoms with Gasteiger partial charge in [0.1, 0.15) is 0 Å². The van der Waals surface area contributed by atoms with Crippen LogP contribution in [0.15, 0.2) is 106 Å². The molecule has 0 spiro atoms. The van der Waals surface area contributed by atoms with Crippen LogP contribution in [0, 0.1) is 49.1 Å². The lowest BCUT2D eigenvalue weighted by Gasteiger charge is -2.35. The standard InChI is InChI=1S/C19H21N5.C18H21N5O2/c1-15-4-3-5-19(16(15)2)23-10-12-24(13-11-23)22-21-18-8-6-17(14-20)7-9-18;1-14-4-3-5-18(15(14)2)21-10-12-22(13-11-21)20-19-16-6-8-17(9-7-16)23(24)25/h3-9H,10-13H2,1-2H3;3-9H,10-13H2,1-2H3. The molecule has 4 aromatic carbocycles. The van der Waals surface area contributed by atoms with Gasteiger partial charge in [-0.1, -0.05) is 34.7 Å². The number of nitro benzene ring substituents is 1. The summed E-state index contributed by atoms with van der Waals surface area (Å²) < 4.78 is 0. The highest BCUT2D eigenvalue weighted by Gasteiger charge is 2.19. The van der Waals surface area contributed by atoms with Gasteiger partial charge in [0, 0.05) is 49.7 Å². The van der Waals surface area contributed by atoms with Gasteiger partial charge in [-0.3, -0.25) is 20.1 Å². The molecule has 2 aliphatic heterocycles. The first-order chi connectivity index (χ1) is 23.7.